The molecule has 0 N–H and O–H groups in total. The molecule has 0 radical (unpaired) electrons. The van der Waals surface area contributed by atoms with Crippen molar-refractivity contribution in [3.05, 3.63) is 82.4 Å². The van der Waals surface area contributed by atoms with Crippen LogP contribution in [0.15, 0.2) is 65.6 Å². The van der Waals surface area contributed by atoms with Crippen LogP contribution in [0.2, 0.25) is 5.02 Å². The average molecular weight is 585 g/mol. The molecule has 39 heavy (non-hydrogen) atoms. The molecule has 3 aromatic carbocycles. The van der Waals surface area contributed by atoms with E-state index in [0.29, 0.717) is 59.6 Å². The Morgan fingerprint density at radius 3 is 2.46 bits per heavy atom. The lowest BCUT2D eigenvalue weighted by Gasteiger charge is -2.28. The van der Waals surface area contributed by atoms with Crippen LogP contribution < -0.4 is 9.64 Å². The predicted molar refractivity (Wildman–Crippen MR) is 156 cm³/mol. The Balaban J connectivity index is 1.43. The molecule has 1 aromatic heterocycles. The highest BCUT2D eigenvalue weighted by Crippen LogP contribution is 2.39. The number of rotatable bonds is 8. The minimum absolute atomic E-state index is 0.162. The summed E-state index contributed by atoms with van der Waals surface area (Å²) in [7, 11) is 1.72. The van der Waals surface area contributed by atoms with Crippen LogP contribution in [0.1, 0.15) is 21.5 Å². The van der Waals surface area contributed by atoms with E-state index in [2.05, 4.69) is 0 Å². The van der Waals surface area contributed by atoms with Crippen LogP contribution in [-0.4, -0.2) is 69.4 Å². The number of hydrogen-bond acceptors (Lipinski definition) is 7. The first kappa shape index (κ1) is 27.5. The molecule has 204 valence electrons. The van der Waals surface area contributed by atoms with Crippen molar-refractivity contribution in [3.8, 4) is 5.75 Å². The van der Waals surface area contributed by atoms with Gasteiger partial charge in [-0.05, 0) is 68.0 Å². The number of sulfonamides is 1. The quantitative estimate of drug-likeness (QED) is 0.293. The lowest BCUT2D eigenvalue weighted by atomic mass is 10.0. The number of likely N-dealkylation sites (N-methyl/N-ethyl adjacent to an activating group) is 1. The fourth-order valence-corrected chi connectivity index (χ4v) is 7.25. The maximum Gasteiger partial charge on any atom is 0.260 e. The second-order valence-electron chi connectivity index (χ2n) is 9.57. The van der Waals surface area contributed by atoms with Crippen LogP contribution in [0.5, 0.6) is 5.75 Å². The summed E-state index contributed by atoms with van der Waals surface area (Å²) in [4.78, 5) is 22.2. The number of carbonyl (C=O) groups excluding carboxylic acids is 1. The van der Waals surface area contributed by atoms with Gasteiger partial charge in [0.05, 0.1) is 21.7 Å². The molecule has 2 heterocycles. The predicted octanol–water partition coefficient (Wildman–Crippen LogP) is 4.91. The number of benzene rings is 3. The lowest BCUT2D eigenvalue weighted by Crippen LogP contribution is -2.37. The van der Waals surface area contributed by atoms with Crippen LogP contribution >= 0.6 is 22.9 Å². The summed E-state index contributed by atoms with van der Waals surface area (Å²) < 4.78 is 34.5. The highest BCUT2D eigenvalue weighted by atomic mass is 35.5. The third kappa shape index (κ3) is 5.53. The van der Waals surface area contributed by atoms with E-state index >= 15 is 0 Å². The standard InChI is InChI=1S/C28H29ClN4O4S2/c1-31(2)16-17-33(28-30-25-24(37-3)13-12-23(29)26(25)38-28)27(34)20-8-10-22(11-9-20)39(35,36)32-15-14-19-6-4-5-7-21(19)18-32/h4-13H,14-18H2,1-3H3. The van der Waals surface area contributed by atoms with E-state index in [0.717, 1.165) is 10.3 Å². The van der Waals surface area contributed by atoms with Crippen molar-refractivity contribution in [3.63, 3.8) is 0 Å². The van der Waals surface area contributed by atoms with Crippen LogP contribution in [0.25, 0.3) is 10.2 Å². The summed E-state index contributed by atoms with van der Waals surface area (Å²) in [5, 5.41) is 1.02. The molecule has 0 bridgehead atoms. The Labute approximate surface area is 237 Å². The van der Waals surface area contributed by atoms with Gasteiger partial charge in [-0.25, -0.2) is 13.4 Å². The van der Waals surface area contributed by atoms with Gasteiger partial charge in [-0.15, -0.1) is 0 Å². The summed E-state index contributed by atoms with van der Waals surface area (Å²) in [5.41, 5.74) is 3.16. The first-order valence-corrected chi connectivity index (χ1v) is 15.1. The Bertz CT molecular complexity index is 1620. The molecule has 5 rings (SSSR count). The molecule has 1 amide bonds. The highest BCUT2D eigenvalue weighted by molar-refractivity contribution is 7.89. The van der Waals surface area contributed by atoms with Crippen LogP contribution in [0.4, 0.5) is 5.13 Å². The molecule has 8 nitrogen and oxygen atoms in total. The largest absolute Gasteiger partial charge is 0.494 e. The van der Waals surface area contributed by atoms with E-state index < -0.39 is 10.0 Å². The van der Waals surface area contributed by atoms with E-state index in [1.54, 1.807) is 36.3 Å². The number of fused-ring (bicyclic) bond motifs is 2. The minimum Gasteiger partial charge on any atom is -0.494 e. The molecule has 11 heteroatoms. The Kier molecular flexibility index (Phi) is 7.93. The number of hydrogen-bond donors (Lipinski definition) is 0. The van der Waals surface area contributed by atoms with E-state index in [1.165, 1.54) is 33.3 Å². The van der Waals surface area contributed by atoms with Gasteiger partial charge in [0.2, 0.25) is 10.0 Å². The second-order valence-corrected chi connectivity index (χ2v) is 12.9. The van der Waals surface area contributed by atoms with Crippen molar-refractivity contribution in [2.24, 2.45) is 0 Å². The number of thiazole rings is 1. The van der Waals surface area contributed by atoms with Crippen LogP contribution in [-0.2, 0) is 23.0 Å². The van der Waals surface area contributed by atoms with Gasteiger partial charge in [-0.3, -0.25) is 9.69 Å². The SMILES string of the molecule is COc1ccc(Cl)c2sc(N(CCN(C)C)C(=O)c3ccc(S(=O)(=O)N4CCc5ccccc5C4)cc3)nc12. The Morgan fingerprint density at radius 2 is 1.77 bits per heavy atom. The topological polar surface area (TPSA) is 83.0 Å². The number of aromatic nitrogens is 1. The fourth-order valence-electron chi connectivity index (χ4n) is 4.55. The first-order chi connectivity index (χ1) is 18.7. The number of nitrogens with zero attached hydrogens (tertiary/aromatic N) is 4. The summed E-state index contributed by atoms with van der Waals surface area (Å²) in [6, 6.07) is 17.5. The third-order valence-electron chi connectivity index (χ3n) is 6.75. The molecule has 1 aliphatic rings. The molecule has 0 saturated heterocycles. The van der Waals surface area contributed by atoms with Gasteiger partial charge in [0, 0.05) is 31.7 Å². The monoisotopic (exact) mass is 584 g/mol. The second kappa shape index (κ2) is 11.2. The van der Waals surface area contributed by atoms with Crippen LogP contribution in [0.3, 0.4) is 0 Å². The number of amides is 1. The molecule has 0 aliphatic carbocycles. The van der Waals surface area contributed by atoms with Crippen molar-refractivity contribution in [2.75, 3.05) is 45.7 Å². The number of anilines is 1. The zero-order valence-corrected chi connectivity index (χ0v) is 24.3. The first-order valence-electron chi connectivity index (χ1n) is 12.5. The van der Waals surface area contributed by atoms with Gasteiger partial charge in [-0.2, -0.15) is 4.31 Å². The molecular formula is C28H29ClN4O4S2. The van der Waals surface area contributed by atoms with E-state index in [4.69, 9.17) is 21.3 Å². The molecule has 0 atom stereocenters. The zero-order chi connectivity index (χ0) is 27.7. The number of methoxy groups -OCH3 is 1. The molecule has 0 unspecified atom stereocenters. The van der Waals surface area contributed by atoms with Crippen molar-refractivity contribution in [1.82, 2.24) is 14.2 Å². The van der Waals surface area contributed by atoms with Gasteiger partial charge in [-0.1, -0.05) is 47.2 Å². The molecule has 0 saturated carbocycles. The van der Waals surface area contributed by atoms with Gasteiger partial charge in [0.25, 0.3) is 5.91 Å². The van der Waals surface area contributed by atoms with E-state index in [1.807, 2.05) is 43.3 Å². The molecule has 0 fully saturated rings. The van der Waals surface area contributed by atoms with E-state index in [-0.39, 0.29) is 10.8 Å². The zero-order valence-electron chi connectivity index (χ0n) is 21.9. The average Bonchev–Trinajstić information content (AvgIpc) is 3.39. The highest BCUT2D eigenvalue weighted by Gasteiger charge is 2.29. The lowest BCUT2D eigenvalue weighted by molar-refractivity contribution is 0.0985. The van der Waals surface area contributed by atoms with Crippen LogP contribution in [0, 0.1) is 0 Å². The molecule has 4 aromatic rings. The summed E-state index contributed by atoms with van der Waals surface area (Å²) in [6.45, 7) is 1.75. The van der Waals surface area contributed by atoms with E-state index in [9.17, 15) is 13.2 Å². The number of ether oxygens (including phenoxy) is 1. The van der Waals surface area contributed by atoms with Crippen molar-refractivity contribution >= 4 is 54.2 Å². The summed E-state index contributed by atoms with van der Waals surface area (Å²) in [6.07, 6.45) is 0.670. The maximum atomic E-state index is 13.7. The van der Waals surface area contributed by atoms with Gasteiger partial charge >= 0.3 is 0 Å². The Hall–Kier alpha value is -3.02. The van der Waals surface area contributed by atoms with Gasteiger partial charge in [0.15, 0.2) is 5.13 Å². The van der Waals surface area contributed by atoms with Crippen molar-refractivity contribution in [1.29, 1.82) is 0 Å². The smallest absolute Gasteiger partial charge is 0.260 e. The number of carbonyl (C=O) groups is 1. The molecule has 0 spiro atoms. The number of halogens is 1. The Morgan fingerprint density at radius 1 is 1.05 bits per heavy atom. The normalized spacial score (nSPS) is 14.0. The molecule has 1 aliphatic heterocycles. The molecular weight excluding hydrogens is 556 g/mol. The summed E-state index contributed by atoms with van der Waals surface area (Å²) in [5.74, 6) is 0.300. The summed E-state index contributed by atoms with van der Waals surface area (Å²) >= 11 is 7.74. The van der Waals surface area contributed by atoms with Crippen molar-refractivity contribution in [2.45, 2.75) is 17.9 Å². The van der Waals surface area contributed by atoms with Gasteiger partial charge < -0.3 is 9.64 Å². The van der Waals surface area contributed by atoms with Crippen molar-refractivity contribution < 1.29 is 17.9 Å². The third-order valence-corrected chi connectivity index (χ3v) is 10.1. The fraction of sp³-hybridized carbons (Fsp3) is 0.286. The maximum absolute atomic E-state index is 13.7. The van der Waals surface area contributed by atoms with Gasteiger partial charge in [0.1, 0.15) is 11.3 Å². The minimum atomic E-state index is -3.71.